The van der Waals surface area contributed by atoms with E-state index in [1.165, 1.54) is 0 Å². The lowest BCUT2D eigenvalue weighted by atomic mass is 10.3. The largest absolute Gasteiger partial charge is 0.484 e. The monoisotopic (exact) mass is 344 g/mol. The molecule has 1 N–H and O–H groups in total. The highest BCUT2D eigenvalue weighted by molar-refractivity contribution is 9.10. The van der Waals surface area contributed by atoms with E-state index in [2.05, 4.69) is 15.9 Å². The Morgan fingerprint density at radius 2 is 2.21 bits per heavy atom. The van der Waals surface area contributed by atoms with Gasteiger partial charge in [0.25, 0.3) is 0 Å². The van der Waals surface area contributed by atoms with Gasteiger partial charge in [-0.15, -0.1) is 0 Å². The molecule has 0 aliphatic carbocycles. The minimum Gasteiger partial charge on any atom is -0.484 e. The van der Waals surface area contributed by atoms with Crippen LogP contribution in [0.15, 0.2) is 33.2 Å². The molecule has 0 unspecified atom stereocenters. The maximum Gasteiger partial charge on any atom is 0.372 e. The van der Waals surface area contributed by atoms with E-state index in [0.717, 1.165) is 4.47 Å². The summed E-state index contributed by atoms with van der Waals surface area (Å²) >= 11 is 9.30. The van der Waals surface area contributed by atoms with Crippen LogP contribution in [0.1, 0.15) is 21.9 Å². The summed E-state index contributed by atoms with van der Waals surface area (Å²) in [5, 5.41) is 9.36. The summed E-state index contributed by atoms with van der Waals surface area (Å²) in [6, 6.07) is 6.87. The Morgan fingerprint density at radius 1 is 1.47 bits per heavy atom. The molecule has 19 heavy (non-hydrogen) atoms. The van der Waals surface area contributed by atoms with Gasteiger partial charge in [0.05, 0.1) is 5.02 Å². The molecule has 2 aromatic rings. The van der Waals surface area contributed by atoms with Gasteiger partial charge in [0, 0.05) is 10.0 Å². The highest BCUT2D eigenvalue weighted by atomic mass is 79.9. The van der Waals surface area contributed by atoms with Gasteiger partial charge in [-0.1, -0.05) is 27.5 Å². The molecule has 0 aliphatic rings. The Morgan fingerprint density at radius 3 is 2.84 bits per heavy atom. The SMILES string of the molecule is Cc1cc(COc2cc(Br)ccc2Cl)oc1C(=O)O. The van der Waals surface area contributed by atoms with Crippen molar-refractivity contribution >= 4 is 33.5 Å². The molecule has 0 saturated carbocycles. The van der Waals surface area contributed by atoms with Crippen LogP contribution in [-0.4, -0.2) is 11.1 Å². The van der Waals surface area contributed by atoms with Crippen molar-refractivity contribution < 1.29 is 19.1 Å². The van der Waals surface area contributed by atoms with Crippen LogP contribution in [0.5, 0.6) is 5.75 Å². The minimum absolute atomic E-state index is 0.0704. The topological polar surface area (TPSA) is 59.7 Å². The number of hydrogen-bond acceptors (Lipinski definition) is 3. The molecule has 6 heteroatoms. The summed E-state index contributed by atoms with van der Waals surface area (Å²) in [4.78, 5) is 10.8. The summed E-state index contributed by atoms with van der Waals surface area (Å²) in [5.41, 5.74) is 0.562. The summed E-state index contributed by atoms with van der Waals surface area (Å²) in [6.07, 6.45) is 0. The molecule has 1 aromatic heterocycles. The molecule has 0 saturated heterocycles. The molecule has 4 nitrogen and oxygen atoms in total. The van der Waals surface area contributed by atoms with E-state index in [-0.39, 0.29) is 12.4 Å². The molecule has 100 valence electrons. The average molecular weight is 346 g/mol. The second-order valence-corrected chi connectivity index (χ2v) is 5.22. The normalized spacial score (nSPS) is 10.5. The first-order valence-electron chi connectivity index (χ1n) is 5.38. The van der Waals surface area contributed by atoms with Gasteiger partial charge in [0.2, 0.25) is 5.76 Å². The Kier molecular flexibility index (Phi) is 4.17. The fourth-order valence-corrected chi connectivity index (χ4v) is 2.08. The molecule has 0 bridgehead atoms. The third-order valence-electron chi connectivity index (χ3n) is 2.43. The van der Waals surface area contributed by atoms with Crippen molar-refractivity contribution in [2.45, 2.75) is 13.5 Å². The van der Waals surface area contributed by atoms with Crippen molar-refractivity contribution in [2.75, 3.05) is 0 Å². The lowest BCUT2D eigenvalue weighted by Crippen LogP contribution is -1.96. The van der Waals surface area contributed by atoms with Crippen LogP contribution in [0, 0.1) is 6.92 Å². The average Bonchev–Trinajstić information content (AvgIpc) is 2.72. The van der Waals surface area contributed by atoms with Gasteiger partial charge in [0.15, 0.2) is 0 Å². The number of furan rings is 1. The maximum absolute atomic E-state index is 10.8. The second kappa shape index (κ2) is 5.67. The zero-order valence-electron chi connectivity index (χ0n) is 9.94. The summed E-state index contributed by atoms with van der Waals surface area (Å²) in [5.74, 6) is -0.226. The maximum atomic E-state index is 10.8. The number of carboxylic acid groups (broad SMARTS) is 1. The van der Waals surface area contributed by atoms with Crippen LogP contribution in [-0.2, 0) is 6.61 Å². The lowest BCUT2D eigenvalue weighted by molar-refractivity contribution is 0.0657. The van der Waals surface area contributed by atoms with Crippen molar-refractivity contribution in [3.8, 4) is 5.75 Å². The van der Waals surface area contributed by atoms with E-state index in [1.807, 2.05) is 0 Å². The van der Waals surface area contributed by atoms with Crippen molar-refractivity contribution in [1.29, 1.82) is 0 Å². The Balaban J connectivity index is 2.12. The van der Waals surface area contributed by atoms with E-state index in [1.54, 1.807) is 31.2 Å². The number of aromatic carboxylic acids is 1. The van der Waals surface area contributed by atoms with Crippen LogP contribution in [0.2, 0.25) is 5.02 Å². The van der Waals surface area contributed by atoms with Gasteiger partial charge in [-0.25, -0.2) is 4.79 Å². The molecule has 0 radical (unpaired) electrons. The number of benzene rings is 1. The first-order chi connectivity index (χ1) is 8.97. The molecule has 0 spiro atoms. The van der Waals surface area contributed by atoms with Crippen molar-refractivity contribution in [2.24, 2.45) is 0 Å². The van der Waals surface area contributed by atoms with E-state index in [0.29, 0.717) is 22.1 Å². The molecule has 1 aromatic carbocycles. The van der Waals surface area contributed by atoms with Crippen LogP contribution in [0.3, 0.4) is 0 Å². The molecule has 0 atom stereocenters. The molecular formula is C13H10BrClO4. The number of carboxylic acids is 1. The van der Waals surface area contributed by atoms with Gasteiger partial charge in [-0.05, 0) is 31.2 Å². The minimum atomic E-state index is -1.09. The van der Waals surface area contributed by atoms with Gasteiger partial charge in [0.1, 0.15) is 18.1 Å². The summed E-state index contributed by atoms with van der Waals surface area (Å²) in [7, 11) is 0. The van der Waals surface area contributed by atoms with Crippen LogP contribution in [0.4, 0.5) is 0 Å². The van der Waals surface area contributed by atoms with Crippen LogP contribution >= 0.6 is 27.5 Å². The van der Waals surface area contributed by atoms with Crippen LogP contribution < -0.4 is 4.74 Å². The number of aryl methyl sites for hydroxylation is 1. The summed E-state index contributed by atoms with van der Waals surface area (Å²) in [6.45, 7) is 1.78. The zero-order chi connectivity index (χ0) is 14.0. The molecule has 2 rings (SSSR count). The molecule has 1 heterocycles. The van der Waals surface area contributed by atoms with Gasteiger partial charge in [-0.3, -0.25) is 0 Å². The number of ether oxygens (including phenoxy) is 1. The number of carbonyl (C=O) groups is 1. The van der Waals surface area contributed by atoms with Gasteiger partial charge >= 0.3 is 5.97 Å². The standard InChI is InChI=1S/C13H10BrClO4/c1-7-4-9(19-12(7)13(16)17)6-18-11-5-8(14)2-3-10(11)15/h2-5H,6H2,1H3,(H,16,17). The molecule has 0 amide bonds. The Hall–Kier alpha value is -1.46. The van der Waals surface area contributed by atoms with Crippen molar-refractivity contribution in [3.05, 3.63) is 50.8 Å². The molecule has 0 fully saturated rings. The first kappa shape index (κ1) is 14.0. The third kappa shape index (κ3) is 3.30. The highest BCUT2D eigenvalue weighted by Crippen LogP contribution is 2.29. The van der Waals surface area contributed by atoms with E-state index in [4.69, 9.17) is 25.9 Å². The van der Waals surface area contributed by atoms with Gasteiger partial charge < -0.3 is 14.3 Å². The highest BCUT2D eigenvalue weighted by Gasteiger charge is 2.14. The number of halogens is 2. The van der Waals surface area contributed by atoms with E-state index in [9.17, 15) is 4.79 Å². The zero-order valence-corrected chi connectivity index (χ0v) is 12.3. The van der Waals surface area contributed by atoms with Crippen LogP contribution in [0.25, 0.3) is 0 Å². The first-order valence-corrected chi connectivity index (χ1v) is 6.55. The van der Waals surface area contributed by atoms with E-state index < -0.39 is 5.97 Å². The van der Waals surface area contributed by atoms with Crippen molar-refractivity contribution in [1.82, 2.24) is 0 Å². The Labute approximate surface area is 123 Å². The third-order valence-corrected chi connectivity index (χ3v) is 3.23. The van der Waals surface area contributed by atoms with E-state index >= 15 is 0 Å². The smallest absolute Gasteiger partial charge is 0.372 e. The summed E-state index contributed by atoms with van der Waals surface area (Å²) < 4.78 is 11.5. The molecule has 0 aliphatic heterocycles. The fraction of sp³-hybridized carbons (Fsp3) is 0.154. The number of hydrogen-bond donors (Lipinski definition) is 1. The predicted octanol–water partition coefficient (Wildman–Crippen LogP) is 4.28. The second-order valence-electron chi connectivity index (χ2n) is 3.89. The fourth-order valence-electron chi connectivity index (χ4n) is 1.57. The Bertz CT molecular complexity index is 621. The van der Waals surface area contributed by atoms with Crippen molar-refractivity contribution in [3.63, 3.8) is 0 Å². The molecular weight excluding hydrogens is 335 g/mol. The number of rotatable bonds is 4. The van der Waals surface area contributed by atoms with Gasteiger partial charge in [-0.2, -0.15) is 0 Å². The lowest BCUT2D eigenvalue weighted by Gasteiger charge is -2.06. The quantitative estimate of drug-likeness (QED) is 0.898. The predicted molar refractivity (Wildman–Crippen MR) is 73.9 cm³/mol.